The largest absolute Gasteiger partial charge is 0.317 e. The van der Waals surface area contributed by atoms with Gasteiger partial charge in [-0.1, -0.05) is 20.8 Å². The summed E-state index contributed by atoms with van der Waals surface area (Å²) in [7, 11) is 4.22. The van der Waals surface area contributed by atoms with E-state index in [-0.39, 0.29) is 0 Å². The number of nitrogens with zero attached hydrogens (tertiary/aromatic N) is 1. The van der Waals surface area contributed by atoms with E-state index in [1.54, 1.807) is 0 Å². The number of hydrogen-bond acceptors (Lipinski definition) is 2. The van der Waals surface area contributed by atoms with E-state index in [0.717, 1.165) is 0 Å². The normalized spacial score (nSPS) is 15.0. The Hall–Kier alpha value is -0.0800. The molecule has 1 atom stereocenters. The van der Waals surface area contributed by atoms with Crippen molar-refractivity contribution in [3.05, 3.63) is 0 Å². The fourth-order valence-corrected chi connectivity index (χ4v) is 1.45. The molecule has 13 heavy (non-hydrogen) atoms. The van der Waals surface area contributed by atoms with Crippen molar-refractivity contribution < 1.29 is 0 Å². The third-order valence-corrected chi connectivity index (χ3v) is 2.18. The number of rotatable bonds is 5. The fraction of sp³-hybridized carbons (Fsp3) is 1.00. The van der Waals surface area contributed by atoms with Crippen molar-refractivity contribution in [1.29, 1.82) is 0 Å². The molecule has 0 heterocycles. The highest BCUT2D eigenvalue weighted by molar-refractivity contribution is 4.68. The molecule has 0 aromatic carbocycles. The molecule has 0 saturated heterocycles. The molecule has 0 bridgehead atoms. The summed E-state index contributed by atoms with van der Waals surface area (Å²) in [5.41, 5.74) is 0.414. The molecule has 2 heteroatoms. The minimum absolute atomic E-state index is 0.414. The first-order valence-corrected chi connectivity index (χ1v) is 5.21. The van der Waals surface area contributed by atoms with Crippen LogP contribution in [0.5, 0.6) is 0 Å². The van der Waals surface area contributed by atoms with Crippen molar-refractivity contribution in [3.8, 4) is 0 Å². The molecule has 0 spiro atoms. The van der Waals surface area contributed by atoms with Crippen LogP contribution in [-0.4, -0.2) is 38.1 Å². The Kier molecular flexibility index (Phi) is 5.57. The lowest BCUT2D eigenvalue weighted by Gasteiger charge is -2.27. The van der Waals surface area contributed by atoms with Gasteiger partial charge in [0, 0.05) is 12.6 Å². The summed E-state index contributed by atoms with van der Waals surface area (Å²) < 4.78 is 0. The fourth-order valence-electron chi connectivity index (χ4n) is 1.45. The van der Waals surface area contributed by atoms with Crippen molar-refractivity contribution >= 4 is 0 Å². The van der Waals surface area contributed by atoms with Crippen LogP contribution < -0.4 is 5.32 Å². The average Bonchev–Trinajstić information content (AvgIpc) is 1.97. The van der Waals surface area contributed by atoms with Gasteiger partial charge < -0.3 is 10.2 Å². The standard InChI is InChI=1S/C11H26N2/c1-10(12-5)7-8-13(6)9-11(2,3)4/h10,12H,7-9H2,1-6H3. The quantitative estimate of drug-likeness (QED) is 0.706. The van der Waals surface area contributed by atoms with Gasteiger partial charge in [-0.2, -0.15) is 0 Å². The molecule has 0 aromatic heterocycles. The van der Waals surface area contributed by atoms with E-state index >= 15 is 0 Å². The molecule has 2 nitrogen and oxygen atoms in total. The Morgan fingerprint density at radius 2 is 1.85 bits per heavy atom. The van der Waals surface area contributed by atoms with E-state index in [1.165, 1.54) is 19.5 Å². The highest BCUT2D eigenvalue weighted by Crippen LogP contribution is 2.14. The van der Waals surface area contributed by atoms with Crippen molar-refractivity contribution in [3.63, 3.8) is 0 Å². The summed E-state index contributed by atoms with van der Waals surface area (Å²) in [5.74, 6) is 0. The van der Waals surface area contributed by atoms with E-state index in [0.29, 0.717) is 11.5 Å². The van der Waals surface area contributed by atoms with Crippen molar-refractivity contribution in [2.75, 3.05) is 27.2 Å². The van der Waals surface area contributed by atoms with Crippen LogP contribution in [0.15, 0.2) is 0 Å². The monoisotopic (exact) mass is 186 g/mol. The van der Waals surface area contributed by atoms with Crippen molar-refractivity contribution in [2.24, 2.45) is 5.41 Å². The van der Waals surface area contributed by atoms with Crippen LogP contribution in [0.4, 0.5) is 0 Å². The lowest BCUT2D eigenvalue weighted by Crippen LogP contribution is -2.33. The third-order valence-electron chi connectivity index (χ3n) is 2.18. The zero-order chi connectivity index (χ0) is 10.5. The number of hydrogen-bond donors (Lipinski definition) is 1. The van der Waals surface area contributed by atoms with Crippen LogP contribution in [-0.2, 0) is 0 Å². The van der Waals surface area contributed by atoms with E-state index < -0.39 is 0 Å². The molecule has 80 valence electrons. The molecule has 0 radical (unpaired) electrons. The van der Waals surface area contributed by atoms with Gasteiger partial charge in [-0.25, -0.2) is 0 Å². The first-order valence-electron chi connectivity index (χ1n) is 5.21. The molecule has 0 saturated carbocycles. The van der Waals surface area contributed by atoms with Crippen LogP contribution in [0.3, 0.4) is 0 Å². The summed E-state index contributed by atoms with van der Waals surface area (Å²) in [6, 6.07) is 0.627. The second kappa shape index (κ2) is 5.61. The molecular formula is C11H26N2. The van der Waals surface area contributed by atoms with Gasteiger partial charge in [0.05, 0.1) is 0 Å². The Labute approximate surface area is 83.7 Å². The molecular weight excluding hydrogens is 160 g/mol. The minimum atomic E-state index is 0.414. The first kappa shape index (κ1) is 12.9. The Morgan fingerprint density at radius 1 is 1.31 bits per heavy atom. The van der Waals surface area contributed by atoms with Gasteiger partial charge in [0.25, 0.3) is 0 Å². The summed E-state index contributed by atoms with van der Waals surface area (Å²) >= 11 is 0. The maximum absolute atomic E-state index is 3.26. The second-order valence-electron chi connectivity index (χ2n) is 5.28. The molecule has 0 rings (SSSR count). The van der Waals surface area contributed by atoms with E-state index in [9.17, 15) is 0 Å². The smallest absolute Gasteiger partial charge is 0.00478 e. The highest BCUT2D eigenvalue weighted by atomic mass is 15.1. The van der Waals surface area contributed by atoms with E-state index in [1.807, 2.05) is 7.05 Å². The topological polar surface area (TPSA) is 15.3 Å². The summed E-state index contributed by atoms with van der Waals surface area (Å²) in [6.45, 7) is 11.4. The Bertz CT molecular complexity index is 127. The van der Waals surface area contributed by atoms with Gasteiger partial charge in [-0.3, -0.25) is 0 Å². The molecule has 0 amide bonds. The summed E-state index contributed by atoms with van der Waals surface area (Å²) in [5, 5.41) is 3.26. The maximum Gasteiger partial charge on any atom is 0.00478 e. The van der Waals surface area contributed by atoms with Crippen molar-refractivity contribution in [1.82, 2.24) is 10.2 Å². The third kappa shape index (κ3) is 8.26. The van der Waals surface area contributed by atoms with Gasteiger partial charge in [0.15, 0.2) is 0 Å². The molecule has 0 aliphatic heterocycles. The van der Waals surface area contributed by atoms with E-state index in [4.69, 9.17) is 0 Å². The van der Waals surface area contributed by atoms with Crippen LogP contribution in [0.1, 0.15) is 34.1 Å². The van der Waals surface area contributed by atoms with Gasteiger partial charge in [0.1, 0.15) is 0 Å². The molecule has 1 unspecified atom stereocenters. The van der Waals surface area contributed by atoms with Crippen LogP contribution in [0, 0.1) is 5.41 Å². The van der Waals surface area contributed by atoms with Gasteiger partial charge in [0.2, 0.25) is 0 Å². The average molecular weight is 186 g/mol. The lowest BCUT2D eigenvalue weighted by molar-refractivity contribution is 0.219. The molecule has 0 aliphatic carbocycles. The van der Waals surface area contributed by atoms with Crippen LogP contribution in [0.25, 0.3) is 0 Å². The zero-order valence-corrected chi connectivity index (χ0v) is 10.1. The second-order valence-corrected chi connectivity index (χ2v) is 5.28. The first-order chi connectivity index (χ1) is 5.85. The zero-order valence-electron chi connectivity index (χ0n) is 10.1. The van der Waals surface area contributed by atoms with E-state index in [2.05, 4.69) is 45.0 Å². The molecule has 0 fully saturated rings. The molecule has 0 aliphatic rings. The molecule has 0 aromatic rings. The van der Waals surface area contributed by atoms with Crippen LogP contribution in [0.2, 0.25) is 0 Å². The van der Waals surface area contributed by atoms with Gasteiger partial charge in [-0.15, -0.1) is 0 Å². The predicted molar refractivity (Wildman–Crippen MR) is 60.1 cm³/mol. The highest BCUT2D eigenvalue weighted by Gasteiger charge is 2.13. The lowest BCUT2D eigenvalue weighted by atomic mass is 9.96. The Balaban J connectivity index is 3.57. The van der Waals surface area contributed by atoms with Crippen LogP contribution >= 0.6 is 0 Å². The van der Waals surface area contributed by atoms with Crippen molar-refractivity contribution in [2.45, 2.75) is 40.2 Å². The van der Waals surface area contributed by atoms with Gasteiger partial charge >= 0.3 is 0 Å². The predicted octanol–water partition coefficient (Wildman–Crippen LogP) is 1.96. The van der Waals surface area contributed by atoms with Gasteiger partial charge in [-0.05, 0) is 39.4 Å². The molecule has 1 N–H and O–H groups in total. The minimum Gasteiger partial charge on any atom is -0.317 e. The maximum atomic E-state index is 3.26. The summed E-state index contributed by atoms with van der Waals surface area (Å²) in [6.07, 6.45) is 1.23. The Morgan fingerprint density at radius 3 is 2.23 bits per heavy atom. The summed E-state index contributed by atoms with van der Waals surface area (Å²) in [4.78, 5) is 2.41. The SMILES string of the molecule is CNC(C)CCN(C)CC(C)(C)C. The number of nitrogens with one attached hydrogen (secondary N) is 1.